The van der Waals surface area contributed by atoms with Crippen LogP contribution < -0.4 is 11.3 Å². The highest BCUT2D eigenvalue weighted by atomic mass is 15.4. The number of hydrazine groups is 1. The van der Waals surface area contributed by atoms with Crippen molar-refractivity contribution in [1.29, 1.82) is 0 Å². The van der Waals surface area contributed by atoms with E-state index in [1.165, 1.54) is 44.9 Å². The number of hydrogen-bond donors (Lipinski definition) is 2. The Labute approximate surface area is 116 Å². The Balaban J connectivity index is 1.54. The van der Waals surface area contributed by atoms with Gasteiger partial charge in [0, 0.05) is 32.2 Å². The van der Waals surface area contributed by atoms with Crippen LogP contribution >= 0.6 is 0 Å². The highest BCUT2D eigenvalue weighted by Crippen LogP contribution is 2.27. The Hall–Kier alpha value is -0.810. The van der Waals surface area contributed by atoms with E-state index in [-0.39, 0.29) is 0 Å². The van der Waals surface area contributed by atoms with Crippen molar-refractivity contribution in [3.8, 4) is 0 Å². The van der Waals surface area contributed by atoms with Crippen LogP contribution in [0, 0.1) is 0 Å². The average molecular weight is 265 g/mol. The summed E-state index contributed by atoms with van der Waals surface area (Å²) in [5.41, 5.74) is 2.84. The van der Waals surface area contributed by atoms with Crippen LogP contribution in [0.15, 0.2) is 4.99 Å². The summed E-state index contributed by atoms with van der Waals surface area (Å²) in [7, 11) is 0. The molecular formula is C14H27N5. The van der Waals surface area contributed by atoms with Gasteiger partial charge in [0.15, 0.2) is 0 Å². The number of piperazine rings is 1. The third-order valence-corrected chi connectivity index (χ3v) is 4.69. The molecule has 2 aliphatic carbocycles. The molecule has 0 atom stereocenters. The topological polar surface area (TPSA) is 56.9 Å². The van der Waals surface area contributed by atoms with Crippen molar-refractivity contribution in [2.75, 3.05) is 26.2 Å². The maximum Gasteiger partial charge on any atom is 0.208 e. The van der Waals surface area contributed by atoms with E-state index in [0.717, 1.165) is 38.2 Å². The van der Waals surface area contributed by atoms with Gasteiger partial charge in [0.2, 0.25) is 5.96 Å². The van der Waals surface area contributed by atoms with Gasteiger partial charge in [0.25, 0.3) is 0 Å². The lowest BCUT2D eigenvalue weighted by Crippen LogP contribution is -2.54. The van der Waals surface area contributed by atoms with Gasteiger partial charge in [0.1, 0.15) is 0 Å². The summed E-state index contributed by atoms with van der Waals surface area (Å²) >= 11 is 0. The van der Waals surface area contributed by atoms with Crippen molar-refractivity contribution < 1.29 is 0 Å². The Morgan fingerprint density at radius 1 is 0.947 bits per heavy atom. The van der Waals surface area contributed by atoms with E-state index in [9.17, 15) is 0 Å². The largest absolute Gasteiger partial charge is 0.339 e. The molecule has 3 fully saturated rings. The molecule has 1 aliphatic heterocycles. The standard InChI is InChI=1S/C14H27N5/c15-17-14(16-12-4-2-1-3-5-12)19-10-8-18(9-11-19)13-6-7-13/h12-13H,1-11,15H2,(H,16,17). The van der Waals surface area contributed by atoms with E-state index in [1.807, 2.05) is 0 Å². The number of aliphatic imine (C=N–C) groups is 1. The van der Waals surface area contributed by atoms with Crippen LogP contribution in [0.5, 0.6) is 0 Å². The molecular weight excluding hydrogens is 238 g/mol. The van der Waals surface area contributed by atoms with Crippen molar-refractivity contribution in [2.45, 2.75) is 57.0 Å². The highest BCUT2D eigenvalue weighted by molar-refractivity contribution is 5.79. The van der Waals surface area contributed by atoms with Gasteiger partial charge in [-0.15, -0.1) is 0 Å². The van der Waals surface area contributed by atoms with Gasteiger partial charge in [0.05, 0.1) is 6.04 Å². The summed E-state index contributed by atoms with van der Waals surface area (Å²) in [6, 6.07) is 1.37. The molecule has 1 saturated heterocycles. The maximum atomic E-state index is 5.69. The van der Waals surface area contributed by atoms with Crippen LogP contribution in [0.4, 0.5) is 0 Å². The molecule has 0 unspecified atom stereocenters. The summed E-state index contributed by atoms with van der Waals surface area (Å²) in [4.78, 5) is 9.79. The van der Waals surface area contributed by atoms with Gasteiger partial charge in [-0.1, -0.05) is 19.3 Å². The fraction of sp³-hybridized carbons (Fsp3) is 0.929. The lowest BCUT2D eigenvalue weighted by molar-refractivity contribution is 0.171. The molecule has 3 rings (SSSR count). The molecule has 5 nitrogen and oxygen atoms in total. The molecule has 1 heterocycles. The number of rotatable bonds is 2. The van der Waals surface area contributed by atoms with Crippen molar-refractivity contribution in [1.82, 2.24) is 15.2 Å². The third-order valence-electron chi connectivity index (χ3n) is 4.69. The van der Waals surface area contributed by atoms with E-state index >= 15 is 0 Å². The molecule has 3 aliphatic rings. The molecule has 2 saturated carbocycles. The predicted molar refractivity (Wildman–Crippen MR) is 77.8 cm³/mol. The minimum Gasteiger partial charge on any atom is -0.339 e. The molecule has 0 aromatic rings. The molecule has 0 amide bonds. The van der Waals surface area contributed by atoms with Gasteiger partial charge in [-0.05, 0) is 25.7 Å². The van der Waals surface area contributed by atoms with E-state index in [2.05, 4.69) is 15.2 Å². The lowest BCUT2D eigenvalue weighted by Gasteiger charge is -2.36. The van der Waals surface area contributed by atoms with Gasteiger partial charge in [-0.3, -0.25) is 10.3 Å². The maximum absolute atomic E-state index is 5.69. The Bertz CT molecular complexity index is 312. The number of nitrogens with two attached hydrogens (primary N) is 1. The predicted octanol–water partition coefficient (Wildman–Crippen LogP) is 0.918. The van der Waals surface area contributed by atoms with Crippen molar-refractivity contribution in [3.63, 3.8) is 0 Å². The van der Waals surface area contributed by atoms with Gasteiger partial charge in [-0.25, -0.2) is 10.8 Å². The quantitative estimate of drug-likeness (QED) is 0.337. The number of guanidine groups is 1. The first-order valence-electron chi connectivity index (χ1n) is 7.90. The Morgan fingerprint density at radius 2 is 1.63 bits per heavy atom. The summed E-state index contributed by atoms with van der Waals surface area (Å²) < 4.78 is 0. The number of hydrogen-bond acceptors (Lipinski definition) is 3. The zero-order chi connectivity index (χ0) is 13.1. The van der Waals surface area contributed by atoms with Crippen LogP contribution in [0.2, 0.25) is 0 Å². The van der Waals surface area contributed by atoms with Crippen LogP contribution in [0.1, 0.15) is 44.9 Å². The third kappa shape index (κ3) is 3.39. The molecule has 0 aromatic carbocycles. The normalized spacial score (nSPS) is 27.6. The zero-order valence-electron chi connectivity index (χ0n) is 11.9. The van der Waals surface area contributed by atoms with Gasteiger partial charge in [-0.2, -0.15) is 0 Å². The van der Waals surface area contributed by atoms with Crippen LogP contribution in [-0.4, -0.2) is 54.0 Å². The average Bonchev–Trinajstić information content (AvgIpc) is 3.31. The van der Waals surface area contributed by atoms with Crippen LogP contribution in [0.3, 0.4) is 0 Å². The van der Waals surface area contributed by atoms with E-state index < -0.39 is 0 Å². The first-order valence-corrected chi connectivity index (χ1v) is 7.90. The second kappa shape index (κ2) is 6.09. The van der Waals surface area contributed by atoms with Crippen LogP contribution in [-0.2, 0) is 0 Å². The monoisotopic (exact) mass is 265 g/mol. The molecule has 0 bridgehead atoms. The fourth-order valence-corrected chi connectivity index (χ4v) is 3.33. The zero-order valence-corrected chi connectivity index (χ0v) is 11.9. The first kappa shape index (κ1) is 13.2. The molecule has 3 N–H and O–H groups in total. The van der Waals surface area contributed by atoms with Crippen LogP contribution in [0.25, 0.3) is 0 Å². The molecule has 19 heavy (non-hydrogen) atoms. The molecule has 108 valence electrons. The summed E-state index contributed by atoms with van der Waals surface area (Å²) in [6.07, 6.45) is 9.27. The molecule has 0 spiro atoms. The van der Waals surface area contributed by atoms with Gasteiger partial charge >= 0.3 is 0 Å². The first-order chi connectivity index (χ1) is 9.36. The van der Waals surface area contributed by atoms with E-state index in [0.29, 0.717) is 6.04 Å². The van der Waals surface area contributed by atoms with E-state index in [4.69, 9.17) is 10.8 Å². The van der Waals surface area contributed by atoms with Crippen molar-refractivity contribution >= 4 is 5.96 Å². The van der Waals surface area contributed by atoms with E-state index in [1.54, 1.807) is 0 Å². The Kier molecular flexibility index (Phi) is 4.23. The minimum absolute atomic E-state index is 0.487. The second-order valence-corrected chi connectivity index (χ2v) is 6.14. The minimum atomic E-state index is 0.487. The number of nitrogens with one attached hydrogen (secondary N) is 1. The van der Waals surface area contributed by atoms with Crippen molar-refractivity contribution in [3.05, 3.63) is 0 Å². The molecule has 0 aromatic heterocycles. The lowest BCUT2D eigenvalue weighted by atomic mass is 9.96. The summed E-state index contributed by atoms with van der Waals surface area (Å²) in [5.74, 6) is 6.61. The van der Waals surface area contributed by atoms with Crippen molar-refractivity contribution in [2.24, 2.45) is 10.8 Å². The second-order valence-electron chi connectivity index (χ2n) is 6.14. The summed E-state index contributed by atoms with van der Waals surface area (Å²) in [5, 5.41) is 0. The smallest absolute Gasteiger partial charge is 0.208 e. The molecule has 5 heteroatoms. The van der Waals surface area contributed by atoms with Gasteiger partial charge < -0.3 is 4.90 Å². The number of nitrogens with zero attached hydrogens (tertiary/aromatic N) is 3. The summed E-state index contributed by atoms with van der Waals surface area (Å²) in [6.45, 7) is 4.45. The molecule has 0 radical (unpaired) electrons. The SMILES string of the molecule is NNC(=NC1CCCCC1)N1CCN(C2CC2)CC1. The fourth-order valence-electron chi connectivity index (χ4n) is 3.33. The Morgan fingerprint density at radius 3 is 2.21 bits per heavy atom. The highest BCUT2D eigenvalue weighted by Gasteiger charge is 2.31.